The Morgan fingerprint density at radius 1 is 1.07 bits per heavy atom. The molecule has 0 aromatic heterocycles. The van der Waals surface area contributed by atoms with Crippen LogP contribution in [0.3, 0.4) is 0 Å². The second-order valence-corrected chi connectivity index (χ2v) is 6.44. The van der Waals surface area contributed by atoms with Crippen LogP contribution >= 0.6 is 0 Å². The van der Waals surface area contributed by atoms with Crippen LogP contribution in [0.1, 0.15) is 55.3 Å². The fraction of sp³-hybridized carbons (Fsp3) is 0.450. The fourth-order valence-corrected chi connectivity index (χ4v) is 1.06. The SMILES string of the molecule is CC(C)C(C)(C)C.NC(=O)c1ccc(C(=O)NCCO)cc1.[CH2-]O.[CH3-].[CH3-].[W]. The average Bonchev–Trinajstić information content (AvgIpc) is 2.54. The molecule has 0 aliphatic heterocycles. The van der Waals surface area contributed by atoms with E-state index in [1.807, 2.05) is 0 Å². The number of benzene rings is 1. The van der Waals surface area contributed by atoms with Gasteiger partial charge in [-0.15, -0.1) is 0 Å². The van der Waals surface area contributed by atoms with Crippen molar-refractivity contribution >= 4 is 11.8 Å². The number of aliphatic hydroxyl groups is 2. The van der Waals surface area contributed by atoms with E-state index < -0.39 is 5.91 Å². The number of aliphatic hydroxyl groups excluding tert-OH is 2. The number of carbonyl (C=O) groups excluding carboxylic acids is 2. The smallest absolute Gasteiger partial charge is 0.251 e. The van der Waals surface area contributed by atoms with Crippen LogP contribution in [0, 0.1) is 33.3 Å². The molecule has 0 aliphatic carbocycles. The van der Waals surface area contributed by atoms with Gasteiger partial charge in [0.05, 0.1) is 6.61 Å². The van der Waals surface area contributed by atoms with Gasteiger partial charge in [0.15, 0.2) is 0 Å². The van der Waals surface area contributed by atoms with Gasteiger partial charge < -0.3 is 36.1 Å². The number of amides is 2. The number of hydrogen-bond acceptors (Lipinski definition) is 4. The third kappa shape index (κ3) is 17.9. The number of carbonyl (C=O) groups is 2. The van der Waals surface area contributed by atoms with Crippen LogP contribution in [0.5, 0.6) is 0 Å². The van der Waals surface area contributed by atoms with Crippen LogP contribution in [0.4, 0.5) is 0 Å². The average molecular weight is 553 g/mol. The molecule has 1 aromatic carbocycles. The minimum Gasteiger partial charge on any atom is -0.569 e. The summed E-state index contributed by atoms with van der Waals surface area (Å²) in [5.74, 6) is -0.0233. The molecule has 0 saturated heterocycles. The predicted octanol–water partition coefficient (Wildman–Crippen LogP) is 3.24. The van der Waals surface area contributed by atoms with Gasteiger partial charge in [-0.25, -0.2) is 7.11 Å². The molecule has 2 amide bonds. The first-order chi connectivity index (χ1) is 11.1. The molecular weight excluding hydrogens is 516 g/mol. The largest absolute Gasteiger partial charge is 0.569 e. The van der Waals surface area contributed by atoms with E-state index >= 15 is 0 Å². The zero-order valence-corrected chi connectivity index (χ0v) is 20.6. The first-order valence-corrected chi connectivity index (χ1v) is 7.70. The summed E-state index contributed by atoms with van der Waals surface area (Å²) in [4.78, 5) is 22.1. The fourth-order valence-electron chi connectivity index (χ4n) is 1.06. The molecule has 1 rings (SSSR count). The Kier molecular flexibility index (Phi) is 26.5. The van der Waals surface area contributed by atoms with Gasteiger partial charge in [-0.2, -0.15) is 0 Å². The molecule has 0 spiro atoms. The number of rotatable bonds is 4. The first-order valence-electron chi connectivity index (χ1n) is 7.70. The molecule has 5 N–H and O–H groups in total. The van der Waals surface area contributed by atoms with E-state index in [0.29, 0.717) is 16.5 Å². The first kappa shape index (κ1) is 36.7. The van der Waals surface area contributed by atoms with E-state index in [0.717, 1.165) is 5.92 Å². The van der Waals surface area contributed by atoms with Crippen molar-refractivity contribution in [2.75, 3.05) is 13.2 Å². The van der Waals surface area contributed by atoms with Crippen molar-refractivity contribution in [3.05, 3.63) is 57.4 Å². The summed E-state index contributed by atoms with van der Waals surface area (Å²) in [6.45, 7) is 11.4. The van der Waals surface area contributed by atoms with Crippen LogP contribution < -0.4 is 11.1 Å². The van der Waals surface area contributed by atoms with Crippen molar-refractivity contribution in [3.63, 3.8) is 0 Å². The molecule has 0 fully saturated rings. The van der Waals surface area contributed by atoms with Crippen molar-refractivity contribution in [3.8, 4) is 0 Å². The van der Waals surface area contributed by atoms with Gasteiger partial charge in [-0.3, -0.25) is 9.59 Å². The van der Waals surface area contributed by atoms with Crippen LogP contribution in [0.25, 0.3) is 0 Å². The van der Waals surface area contributed by atoms with Crippen molar-refractivity contribution in [1.29, 1.82) is 0 Å². The molecule has 160 valence electrons. The summed E-state index contributed by atoms with van der Waals surface area (Å²) in [6, 6.07) is 5.98. The molecular formula is C20H37N2O4W-3. The number of nitrogens with two attached hydrogens (primary N) is 1. The van der Waals surface area contributed by atoms with Crippen molar-refractivity contribution < 1.29 is 40.9 Å². The van der Waals surface area contributed by atoms with Gasteiger partial charge >= 0.3 is 0 Å². The summed E-state index contributed by atoms with van der Waals surface area (Å²) in [5, 5.41) is 17.7. The van der Waals surface area contributed by atoms with Crippen LogP contribution in [0.2, 0.25) is 0 Å². The van der Waals surface area contributed by atoms with Gasteiger partial charge in [-0.05, 0) is 35.6 Å². The molecule has 0 bridgehead atoms. The summed E-state index contributed by atoms with van der Waals surface area (Å²) in [7, 11) is 2.25. The quantitative estimate of drug-likeness (QED) is 0.429. The van der Waals surface area contributed by atoms with Crippen molar-refractivity contribution in [2.45, 2.75) is 34.6 Å². The van der Waals surface area contributed by atoms with E-state index in [-0.39, 0.29) is 55.0 Å². The molecule has 0 radical (unpaired) electrons. The van der Waals surface area contributed by atoms with Crippen LogP contribution in [-0.2, 0) is 21.1 Å². The van der Waals surface area contributed by atoms with Gasteiger partial charge in [0.2, 0.25) is 5.91 Å². The van der Waals surface area contributed by atoms with Gasteiger partial charge in [-0.1, -0.05) is 34.6 Å². The number of primary amides is 1. The number of nitrogens with one attached hydrogen (secondary N) is 1. The normalized spacial score (nSPS) is 8.93. The molecule has 0 saturated carbocycles. The van der Waals surface area contributed by atoms with Crippen LogP contribution in [-0.4, -0.2) is 35.2 Å². The summed E-state index contributed by atoms with van der Waals surface area (Å²) in [6.07, 6.45) is 0. The summed E-state index contributed by atoms with van der Waals surface area (Å²) < 4.78 is 0. The second-order valence-electron chi connectivity index (χ2n) is 6.44. The second kappa shape index (κ2) is 19.5. The van der Waals surface area contributed by atoms with E-state index in [1.54, 1.807) is 0 Å². The molecule has 0 aliphatic rings. The summed E-state index contributed by atoms with van der Waals surface area (Å²) in [5.41, 5.74) is 6.33. The monoisotopic (exact) mass is 553 g/mol. The van der Waals surface area contributed by atoms with Crippen LogP contribution in [0.15, 0.2) is 24.3 Å². The van der Waals surface area contributed by atoms with Gasteiger partial charge in [0.1, 0.15) is 0 Å². The molecule has 6 nitrogen and oxygen atoms in total. The van der Waals surface area contributed by atoms with E-state index in [2.05, 4.69) is 47.0 Å². The maximum atomic E-state index is 11.3. The third-order valence-corrected chi connectivity index (χ3v) is 3.56. The van der Waals surface area contributed by atoms with E-state index in [9.17, 15) is 9.59 Å². The maximum Gasteiger partial charge on any atom is 0.251 e. The van der Waals surface area contributed by atoms with Gasteiger partial charge in [0, 0.05) is 38.7 Å². The molecule has 7 heteroatoms. The Balaban J connectivity index is -0.000000117. The third-order valence-electron chi connectivity index (χ3n) is 3.56. The Hall–Kier alpha value is -1.23. The van der Waals surface area contributed by atoms with Gasteiger partial charge in [0.25, 0.3) is 5.91 Å². The minimum atomic E-state index is -0.530. The topological polar surface area (TPSA) is 113 Å². The molecule has 0 heterocycles. The Morgan fingerprint density at radius 3 is 1.67 bits per heavy atom. The summed E-state index contributed by atoms with van der Waals surface area (Å²) >= 11 is 0. The molecule has 0 unspecified atom stereocenters. The Bertz CT molecular complexity index is 484. The van der Waals surface area contributed by atoms with E-state index in [1.165, 1.54) is 24.3 Å². The van der Waals surface area contributed by atoms with Crippen molar-refractivity contribution in [1.82, 2.24) is 5.32 Å². The Morgan fingerprint density at radius 2 is 1.41 bits per heavy atom. The van der Waals surface area contributed by atoms with Crippen molar-refractivity contribution in [2.24, 2.45) is 17.1 Å². The standard InChI is InChI=1S/C10H12N2O3.C7H16.CH3O.2CH3.W/c11-9(14)7-1-3-8(4-2-7)10(15)12-5-6-13;1-6(2)7(3,4)5;1-2;;;/h1-4,13H,5-6H2,(H2,11,14)(H,12,15);6H,1-5H3;2H,1H2;2*1H3;/q;;3*-1;. The Labute approximate surface area is 180 Å². The maximum absolute atomic E-state index is 11.3. The van der Waals surface area contributed by atoms with E-state index in [4.69, 9.17) is 15.9 Å². The predicted molar refractivity (Wildman–Crippen MR) is 109 cm³/mol. The molecule has 27 heavy (non-hydrogen) atoms. The zero-order valence-electron chi connectivity index (χ0n) is 17.7. The minimum absolute atomic E-state index is 0. The molecule has 0 atom stereocenters. The number of hydrogen-bond donors (Lipinski definition) is 4. The molecule has 1 aromatic rings. The zero-order chi connectivity index (χ0) is 19.3.